The van der Waals surface area contributed by atoms with Gasteiger partial charge in [0.2, 0.25) is 11.8 Å². The molecule has 0 aliphatic carbocycles. The molecule has 3 rings (SSSR count). The van der Waals surface area contributed by atoms with Gasteiger partial charge in [-0.15, -0.1) is 0 Å². The number of anilines is 1. The Balaban J connectivity index is 2.15. The second kappa shape index (κ2) is 15.1. The smallest absolute Gasteiger partial charge is 0.273 e. The minimum Gasteiger partial charge on any atom is -0.497 e. The summed E-state index contributed by atoms with van der Waals surface area (Å²) in [5.74, 6) is -0.460. The van der Waals surface area contributed by atoms with Crippen LogP contribution in [-0.4, -0.2) is 62.9 Å². The SMILES string of the molecule is CC[C@H](C)NC(=O)[C@H](C)N(Cc1ccc(OC)cc1)C(=O)CN(c1cc(Cl)ccc1OC)S(=O)(=O)c1ccc(C)c([N+](=O)[O-])c1. The van der Waals surface area contributed by atoms with Crippen LogP contribution in [0.15, 0.2) is 65.6 Å². The third-order valence-corrected chi connectivity index (χ3v) is 9.32. The van der Waals surface area contributed by atoms with E-state index in [1.54, 1.807) is 31.2 Å². The van der Waals surface area contributed by atoms with Crippen LogP contribution in [0.1, 0.15) is 38.3 Å². The van der Waals surface area contributed by atoms with Crippen molar-refractivity contribution in [3.63, 3.8) is 0 Å². The number of methoxy groups -OCH3 is 2. The quantitative estimate of drug-likeness (QED) is 0.185. The average Bonchev–Trinajstić information content (AvgIpc) is 3.01. The van der Waals surface area contributed by atoms with E-state index in [9.17, 15) is 28.1 Å². The Hall–Kier alpha value is -4.36. The Bertz CT molecular complexity index is 1650. The van der Waals surface area contributed by atoms with Crippen molar-refractivity contribution >= 4 is 44.8 Å². The fourth-order valence-corrected chi connectivity index (χ4v) is 6.02. The summed E-state index contributed by atoms with van der Waals surface area (Å²) in [6.45, 7) is 5.97. The van der Waals surface area contributed by atoms with Gasteiger partial charge in [0.15, 0.2) is 0 Å². The number of halogens is 1. The summed E-state index contributed by atoms with van der Waals surface area (Å²) < 4.78 is 39.9. The lowest BCUT2D eigenvalue weighted by atomic mass is 10.1. The number of amides is 2. The number of ether oxygens (including phenoxy) is 2. The molecular weight excluding hydrogens is 624 g/mol. The number of carbonyl (C=O) groups excluding carboxylic acids is 2. The second-order valence-electron chi connectivity index (χ2n) is 10.4. The van der Waals surface area contributed by atoms with Crippen LogP contribution in [0.3, 0.4) is 0 Å². The van der Waals surface area contributed by atoms with Crippen LogP contribution in [-0.2, 0) is 26.2 Å². The lowest BCUT2D eigenvalue weighted by molar-refractivity contribution is -0.385. The van der Waals surface area contributed by atoms with Gasteiger partial charge >= 0.3 is 0 Å². The van der Waals surface area contributed by atoms with Crippen LogP contribution in [0.5, 0.6) is 11.5 Å². The maximum absolute atomic E-state index is 14.2. The first kappa shape index (κ1) is 35.1. The van der Waals surface area contributed by atoms with Gasteiger partial charge in [-0.2, -0.15) is 0 Å². The average molecular weight is 661 g/mol. The molecule has 0 saturated heterocycles. The lowest BCUT2D eigenvalue weighted by Crippen LogP contribution is -2.52. The summed E-state index contributed by atoms with van der Waals surface area (Å²) in [4.78, 5) is 39.3. The highest BCUT2D eigenvalue weighted by Crippen LogP contribution is 2.36. The standard InChI is InChI=1S/C31H37ClN4O8S/c1-7-21(3)33-31(38)22(4)34(18-23-9-12-25(43-5)13-10-23)30(37)19-35(28-16-24(32)11-15-29(28)44-6)45(41,42)26-14-8-20(2)27(17-26)36(39)40/h8-17,21-22H,7,18-19H2,1-6H3,(H,33,38)/t21-,22-/m0/s1. The molecular formula is C31H37ClN4O8S. The molecule has 0 radical (unpaired) electrons. The monoisotopic (exact) mass is 660 g/mol. The first-order valence-electron chi connectivity index (χ1n) is 14.1. The number of rotatable bonds is 14. The highest BCUT2D eigenvalue weighted by atomic mass is 35.5. The van der Waals surface area contributed by atoms with E-state index in [4.69, 9.17) is 21.1 Å². The summed E-state index contributed by atoms with van der Waals surface area (Å²) in [5, 5.41) is 14.7. The molecule has 242 valence electrons. The van der Waals surface area contributed by atoms with E-state index < -0.39 is 49.9 Å². The Labute approximate surface area is 268 Å². The molecule has 0 heterocycles. The molecule has 2 atom stereocenters. The van der Waals surface area contributed by atoms with Crippen LogP contribution in [0.4, 0.5) is 11.4 Å². The van der Waals surface area contributed by atoms with Crippen molar-refractivity contribution < 1.29 is 32.4 Å². The molecule has 45 heavy (non-hydrogen) atoms. The van der Waals surface area contributed by atoms with Crippen LogP contribution in [0, 0.1) is 17.0 Å². The summed E-state index contributed by atoms with van der Waals surface area (Å²) in [6.07, 6.45) is 0.661. The van der Waals surface area contributed by atoms with Gasteiger partial charge in [0.1, 0.15) is 24.1 Å². The molecule has 0 aromatic heterocycles. The summed E-state index contributed by atoms with van der Waals surface area (Å²) in [5.41, 5.74) is 0.449. The number of nitrogens with one attached hydrogen (secondary N) is 1. The van der Waals surface area contributed by atoms with E-state index in [1.807, 2.05) is 13.8 Å². The molecule has 0 bridgehead atoms. The molecule has 0 aliphatic rings. The second-order valence-corrected chi connectivity index (χ2v) is 12.7. The maximum atomic E-state index is 14.2. The molecule has 0 unspecified atom stereocenters. The van der Waals surface area contributed by atoms with Crippen molar-refractivity contribution in [2.45, 2.75) is 57.6 Å². The van der Waals surface area contributed by atoms with Gasteiger partial charge < -0.3 is 19.7 Å². The zero-order valence-electron chi connectivity index (χ0n) is 25.9. The van der Waals surface area contributed by atoms with E-state index in [0.29, 0.717) is 17.7 Å². The Morgan fingerprint density at radius 3 is 2.27 bits per heavy atom. The molecule has 0 saturated carbocycles. The number of nitro groups is 1. The van der Waals surface area contributed by atoms with Gasteiger partial charge in [0.05, 0.1) is 29.7 Å². The summed E-state index contributed by atoms with van der Waals surface area (Å²) >= 11 is 6.26. The van der Waals surface area contributed by atoms with E-state index in [-0.39, 0.29) is 34.6 Å². The highest BCUT2D eigenvalue weighted by molar-refractivity contribution is 7.92. The van der Waals surface area contributed by atoms with E-state index in [0.717, 1.165) is 10.4 Å². The predicted octanol–water partition coefficient (Wildman–Crippen LogP) is 5.10. The third kappa shape index (κ3) is 8.43. The molecule has 2 amide bonds. The first-order valence-corrected chi connectivity index (χ1v) is 15.9. The summed E-state index contributed by atoms with van der Waals surface area (Å²) in [6, 6.07) is 13.5. The van der Waals surface area contributed by atoms with Crippen molar-refractivity contribution in [2.75, 3.05) is 25.1 Å². The molecule has 0 fully saturated rings. The zero-order valence-corrected chi connectivity index (χ0v) is 27.5. The Kier molecular flexibility index (Phi) is 11.8. The van der Waals surface area contributed by atoms with Gasteiger partial charge in [-0.1, -0.05) is 36.7 Å². The van der Waals surface area contributed by atoms with Crippen LogP contribution < -0.4 is 19.1 Å². The molecule has 3 aromatic carbocycles. The molecule has 1 N–H and O–H groups in total. The van der Waals surface area contributed by atoms with Gasteiger partial charge in [0.25, 0.3) is 15.7 Å². The van der Waals surface area contributed by atoms with Gasteiger partial charge in [-0.25, -0.2) is 8.42 Å². The van der Waals surface area contributed by atoms with Crippen molar-refractivity contribution in [1.82, 2.24) is 10.2 Å². The van der Waals surface area contributed by atoms with Gasteiger partial charge in [-0.05, 0) is 69.2 Å². The van der Waals surface area contributed by atoms with Crippen LogP contribution in [0.2, 0.25) is 5.02 Å². The van der Waals surface area contributed by atoms with E-state index in [1.165, 1.54) is 56.4 Å². The molecule has 0 spiro atoms. The van der Waals surface area contributed by atoms with E-state index in [2.05, 4.69) is 5.32 Å². The number of aryl methyl sites for hydroxylation is 1. The van der Waals surface area contributed by atoms with Crippen molar-refractivity contribution in [3.8, 4) is 11.5 Å². The molecule has 14 heteroatoms. The van der Waals surface area contributed by atoms with Gasteiger partial charge in [-0.3, -0.25) is 24.0 Å². The third-order valence-electron chi connectivity index (χ3n) is 7.33. The fraction of sp³-hybridized carbons (Fsp3) is 0.355. The van der Waals surface area contributed by atoms with Crippen molar-refractivity contribution in [1.29, 1.82) is 0 Å². The largest absolute Gasteiger partial charge is 0.497 e. The normalized spacial score (nSPS) is 12.5. The number of hydrogen-bond donors (Lipinski definition) is 1. The van der Waals surface area contributed by atoms with Crippen molar-refractivity contribution in [2.24, 2.45) is 0 Å². The summed E-state index contributed by atoms with van der Waals surface area (Å²) in [7, 11) is -1.78. The fourth-order valence-electron chi connectivity index (χ4n) is 4.42. The first-order chi connectivity index (χ1) is 21.2. The number of hydrogen-bond acceptors (Lipinski definition) is 8. The van der Waals surface area contributed by atoms with E-state index >= 15 is 0 Å². The lowest BCUT2D eigenvalue weighted by Gasteiger charge is -2.33. The highest BCUT2D eigenvalue weighted by Gasteiger charge is 2.35. The van der Waals surface area contributed by atoms with Crippen LogP contribution in [0.25, 0.3) is 0 Å². The Morgan fingerprint density at radius 1 is 1.02 bits per heavy atom. The number of carbonyl (C=O) groups is 2. The van der Waals surface area contributed by atoms with Gasteiger partial charge in [0, 0.05) is 29.2 Å². The number of sulfonamides is 1. The Morgan fingerprint density at radius 2 is 1.69 bits per heavy atom. The minimum atomic E-state index is -4.63. The predicted molar refractivity (Wildman–Crippen MR) is 171 cm³/mol. The zero-order chi connectivity index (χ0) is 33.5. The molecule has 0 aliphatic heterocycles. The molecule has 12 nitrogen and oxygen atoms in total. The van der Waals surface area contributed by atoms with Crippen LogP contribution >= 0.6 is 11.6 Å². The number of nitrogens with zero attached hydrogens (tertiary/aromatic N) is 3. The number of benzene rings is 3. The maximum Gasteiger partial charge on any atom is 0.273 e. The molecule has 3 aromatic rings. The topological polar surface area (TPSA) is 148 Å². The van der Waals surface area contributed by atoms with Crippen molar-refractivity contribution in [3.05, 3.63) is 86.9 Å². The minimum absolute atomic E-state index is 0.0332. The number of nitro benzene ring substituents is 1.